The molecule has 1 heterocycles. The topological polar surface area (TPSA) is 99.0 Å². The van der Waals surface area contributed by atoms with Crippen LogP contribution in [0.4, 0.5) is 8.78 Å². The van der Waals surface area contributed by atoms with Crippen LogP contribution in [0.25, 0.3) is 10.8 Å². The number of rotatable bonds is 14. The minimum absolute atomic E-state index is 0.0412. The molecule has 1 fully saturated rings. The van der Waals surface area contributed by atoms with E-state index in [0.29, 0.717) is 24.6 Å². The Balaban J connectivity index is 1.62. The summed E-state index contributed by atoms with van der Waals surface area (Å²) in [6.07, 6.45) is 6.64. The number of hydrogen-bond acceptors (Lipinski definition) is 5. The number of nitrogens with one attached hydrogen (secondary N) is 1. The van der Waals surface area contributed by atoms with Crippen molar-refractivity contribution in [2.75, 3.05) is 34.2 Å². The van der Waals surface area contributed by atoms with Gasteiger partial charge in [-0.2, -0.15) is 0 Å². The van der Waals surface area contributed by atoms with E-state index in [1.165, 1.54) is 29.0 Å². The Kier molecular flexibility index (Phi) is 12.5. The largest absolute Gasteiger partial charge is 0.354 e. The maximum atomic E-state index is 14.4. The molecule has 10 heteroatoms. The summed E-state index contributed by atoms with van der Waals surface area (Å²) in [6, 6.07) is 15.6. The second kappa shape index (κ2) is 16.3. The summed E-state index contributed by atoms with van der Waals surface area (Å²) in [5.74, 6) is -3.26. The van der Waals surface area contributed by atoms with E-state index in [4.69, 9.17) is 5.73 Å². The first-order valence-electron chi connectivity index (χ1n) is 16.6. The number of likely N-dealkylation sites (tertiary alicyclic amines) is 1. The van der Waals surface area contributed by atoms with Crippen molar-refractivity contribution in [1.29, 1.82) is 0 Å². The molecule has 0 saturated carbocycles. The molecule has 1 aliphatic rings. The summed E-state index contributed by atoms with van der Waals surface area (Å²) < 4.78 is 28.0. The highest BCUT2D eigenvalue weighted by Gasteiger charge is 2.35. The lowest BCUT2D eigenvalue weighted by Gasteiger charge is -2.34. The van der Waals surface area contributed by atoms with Crippen LogP contribution in [0.5, 0.6) is 0 Å². The fourth-order valence-electron chi connectivity index (χ4n) is 6.22. The molecule has 0 aromatic heterocycles. The summed E-state index contributed by atoms with van der Waals surface area (Å²) in [6.45, 7) is 5.14. The third-order valence-corrected chi connectivity index (χ3v) is 9.23. The zero-order chi connectivity index (χ0) is 35.0. The van der Waals surface area contributed by atoms with Crippen LogP contribution in [-0.4, -0.2) is 90.3 Å². The number of nitrogens with two attached hydrogens (primary N) is 1. The number of carbonyl (C=O) groups is 3. The van der Waals surface area contributed by atoms with E-state index in [9.17, 15) is 23.2 Å². The van der Waals surface area contributed by atoms with Crippen molar-refractivity contribution < 1.29 is 23.2 Å². The molecule has 1 aliphatic heterocycles. The molecule has 0 aliphatic carbocycles. The number of likely N-dealkylation sites (N-methyl/N-ethyl adjacent to an activating group) is 2. The molecule has 0 radical (unpaired) electrons. The van der Waals surface area contributed by atoms with Crippen LogP contribution in [0.2, 0.25) is 0 Å². The lowest BCUT2D eigenvalue weighted by molar-refractivity contribution is -0.146. The van der Waals surface area contributed by atoms with E-state index >= 15 is 0 Å². The predicted octanol–water partition coefficient (Wildman–Crippen LogP) is 4.84. The number of amides is 3. The highest BCUT2D eigenvalue weighted by atomic mass is 19.2. The van der Waals surface area contributed by atoms with Gasteiger partial charge in [0.2, 0.25) is 17.7 Å². The first-order valence-corrected chi connectivity index (χ1v) is 16.6. The van der Waals surface area contributed by atoms with Gasteiger partial charge in [-0.25, -0.2) is 8.78 Å². The highest BCUT2D eigenvalue weighted by molar-refractivity contribution is 5.95. The standard InChI is InChI=1S/C38H49F2N5O3/c1-38(2,41)19-8-13-35(46)44(4)34(25-26-14-16-28-10-6-7-11-29(28)22-26)37(48)45(5)33(24-27-15-17-31(39)32(40)23-27)36(47)42-20-18-30-12-9-21-43(30)3/h6-8,10-11,13-17,22-23,30,33-34H,9,12,18-21,24-25,41H2,1-5H3,(H,42,47)/t30?,33-,34-/m1/s1. The van der Waals surface area contributed by atoms with Gasteiger partial charge in [-0.05, 0) is 93.2 Å². The number of nitrogens with zero attached hydrogens (tertiary/aromatic N) is 3. The van der Waals surface area contributed by atoms with E-state index < -0.39 is 41.1 Å². The van der Waals surface area contributed by atoms with Crippen LogP contribution >= 0.6 is 0 Å². The lowest BCUT2D eigenvalue weighted by Crippen LogP contribution is -2.56. The van der Waals surface area contributed by atoms with Gasteiger partial charge in [0.15, 0.2) is 11.6 Å². The average Bonchev–Trinajstić information content (AvgIpc) is 3.46. The van der Waals surface area contributed by atoms with E-state index in [2.05, 4.69) is 17.3 Å². The molecule has 0 bridgehead atoms. The molecular formula is C38H49F2N5O3. The van der Waals surface area contributed by atoms with Crippen molar-refractivity contribution >= 4 is 28.5 Å². The Labute approximate surface area is 282 Å². The first-order chi connectivity index (χ1) is 22.7. The molecule has 3 N–H and O–H groups in total. The SMILES string of the molecule is CN1CCCC1CCNC(=O)[C@@H](Cc1ccc(F)c(F)c1)N(C)C(=O)[C@@H](Cc1ccc2ccccc2c1)N(C)C(=O)C=CCC(C)(C)N. The summed E-state index contributed by atoms with van der Waals surface area (Å²) in [4.78, 5) is 46.6. The van der Waals surface area contributed by atoms with Crippen molar-refractivity contribution in [1.82, 2.24) is 20.0 Å². The Morgan fingerprint density at radius 2 is 1.62 bits per heavy atom. The summed E-state index contributed by atoms with van der Waals surface area (Å²) in [5, 5.41) is 5.03. The van der Waals surface area contributed by atoms with Gasteiger partial charge in [0.1, 0.15) is 12.1 Å². The van der Waals surface area contributed by atoms with Crippen LogP contribution in [0.3, 0.4) is 0 Å². The monoisotopic (exact) mass is 661 g/mol. The number of fused-ring (bicyclic) bond motifs is 1. The molecule has 3 amide bonds. The minimum Gasteiger partial charge on any atom is -0.354 e. The number of hydrogen-bond donors (Lipinski definition) is 2. The minimum atomic E-state index is -1.04. The molecule has 1 saturated heterocycles. The Morgan fingerprint density at radius 1 is 0.958 bits per heavy atom. The van der Waals surface area contributed by atoms with E-state index in [1.807, 2.05) is 56.3 Å². The van der Waals surface area contributed by atoms with Gasteiger partial charge < -0.3 is 25.8 Å². The Hall–Kier alpha value is -4.15. The smallest absolute Gasteiger partial charge is 0.246 e. The zero-order valence-corrected chi connectivity index (χ0v) is 28.7. The van der Waals surface area contributed by atoms with Gasteiger partial charge in [-0.1, -0.05) is 54.6 Å². The molecule has 1 unspecified atom stereocenters. The average molecular weight is 662 g/mol. The van der Waals surface area contributed by atoms with Crippen molar-refractivity contribution in [2.45, 2.75) is 76.0 Å². The molecular weight excluding hydrogens is 612 g/mol. The molecule has 258 valence electrons. The van der Waals surface area contributed by atoms with Crippen LogP contribution in [0.1, 0.15) is 50.7 Å². The Morgan fingerprint density at radius 3 is 2.29 bits per heavy atom. The van der Waals surface area contributed by atoms with Gasteiger partial charge in [-0.3, -0.25) is 14.4 Å². The van der Waals surface area contributed by atoms with Crippen LogP contribution in [-0.2, 0) is 27.2 Å². The van der Waals surface area contributed by atoms with Gasteiger partial charge in [0.05, 0.1) is 0 Å². The molecule has 4 rings (SSSR count). The summed E-state index contributed by atoms with van der Waals surface area (Å²) >= 11 is 0. The van der Waals surface area contributed by atoms with E-state index in [-0.39, 0.29) is 18.7 Å². The Bertz CT molecular complexity index is 1620. The summed E-state index contributed by atoms with van der Waals surface area (Å²) in [5.41, 5.74) is 6.79. The van der Waals surface area contributed by atoms with Crippen LogP contribution < -0.4 is 11.1 Å². The van der Waals surface area contributed by atoms with Gasteiger partial charge >= 0.3 is 0 Å². The first kappa shape index (κ1) is 36.7. The van der Waals surface area contributed by atoms with Crippen LogP contribution in [0.15, 0.2) is 72.8 Å². The third kappa shape index (κ3) is 9.93. The van der Waals surface area contributed by atoms with Gasteiger partial charge in [-0.15, -0.1) is 0 Å². The van der Waals surface area contributed by atoms with Crippen LogP contribution in [0, 0.1) is 11.6 Å². The molecule has 3 aromatic rings. The maximum absolute atomic E-state index is 14.4. The number of halogens is 2. The summed E-state index contributed by atoms with van der Waals surface area (Å²) in [7, 11) is 5.16. The number of benzene rings is 3. The fraction of sp³-hybridized carbons (Fsp3) is 0.447. The normalized spacial score (nSPS) is 16.6. The predicted molar refractivity (Wildman–Crippen MR) is 186 cm³/mol. The van der Waals surface area contributed by atoms with Crippen molar-refractivity contribution in [3.8, 4) is 0 Å². The zero-order valence-electron chi connectivity index (χ0n) is 28.7. The van der Waals surface area contributed by atoms with Crippen molar-refractivity contribution in [3.63, 3.8) is 0 Å². The maximum Gasteiger partial charge on any atom is 0.246 e. The van der Waals surface area contributed by atoms with Gasteiger partial charge in [0, 0.05) is 45.1 Å². The lowest BCUT2D eigenvalue weighted by atomic mass is 9.98. The van der Waals surface area contributed by atoms with E-state index in [1.54, 1.807) is 13.1 Å². The van der Waals surface area contributed by atoms with Gasteiger partial charge in [0.25, 0.3) is 0 Å². The molecule has 48 heavy (non-hydrogen) atoms. The molecule has 0 spiro atoms. The molecule has 8 nitrogen and oxygen atoms in total. The molecule has 3 aromatic carbocycles. The van der Waals surface area contributed by atoms with Crippen molar-refractivity contribution in [3.05, 3.63) is 95.6 Å². The van der Waals surface area contributed by atoms with E-state index in [0.717, 1.165) is 54.3 Å². The highest BCUT2D eigenvalue weighted by Crippen LogP contribution is 2.21. The second-order valence-electron chi connectivity index (χ2n) is 13.7. The second-order valence-corrected chi connectivity index (χ2v) is 13.7. The third-order valence-electron chi connectivity index (χ3n) is 9.23. The fourth-order valence-corrected chi connectivity index (χ4v) is 6.22. The quantitative estimate of drug-likeness (QED) is 0.241. The number of carbonyl (C=O) groups excluding carboxylic acids is 3. The van der Waals surface area contributed by atoms with Crippen molar-refractivity contribution in [2.24, 2.45) is 5.73 Å². The molecule has 3 atom stereocenters.